The predicted molar refractivity (Wildman–Crippen MR) is 131 cm³/mol. The summed E-state index contributed by atoms with van der Waals surface area (Å²) >= 11 is 0. The number of tetrazole rings is 1. The summed E-state index contributed by atoms with van der Waals surface area (Å²) in [6, 6.07) is 10.3. The monoisotopic (exact) mass is 476 g/mol. The molecule has 3 heterocycles. The van der Waals surface area contributed by atoms with Crippen molar-refractivity contribution in [1.82, 2.24) is 40.4 Å². The van der Waals surface area contributed by atoms with Gasteiger partial charge >= 0.3 is 0 Å². The van der Waals surface area contributed by atoms with E-state index in [-0.39, 0.29) is 0 Å². The van der Waals surface area contributed by atoms with Gasteiger partial charge in [0.2, 0.25) is 11.6 Å². The number of aryl methyl sites for hydroxylation is 1. The lowest BCUT2D eigenvalue weighted by Crippen LogP contribution is -2.32. The number of aromatic nitrogens is 8. The average molecular weight is 477 g/mol. The molecule has 0 fully saturated rings. The molecule has 0 unspecified atom stereocenters. The molecule has 0 atom stereocenters. The number of nitrogens with zero attached hydrogens (tertiary/aromatic N) is 7. The van der Waals surface area contributed by atoms with E-state index in [0.717, 1.165) is 53.9 Å². The highest BCUT2D eigenvalue weighted by Gasteiger charge is 2.37. The van der Waals surface area contributed by atoms with E-state index in [1.807, 2.05) is 16.9 Å². The minimum absolute atomic E-state index is 0.580. The van der Waals surface area contributed by atoms with Crippen molar-refractivity contribution >= 4 is 0 Å². The molecule has 0 bridgehead atoms. The molecule has 0 saturated carbocycles. The fourth-order valence-electron chi connectivity index (χ4n) is 4.14. The number of nitrogens with one attached hydrogen (secondary N) is 1. The van der Waals surface area contributed by atoms with Gasteiger partial charge in [0.15, 0.2) is 5.82 Å². The van der Waals surface area contributed by atoms with E-state index in [9.17, 15) is 0 Å². The van der Waals surface area contributed by atoms with Crippen molar-refractivity contribution in [3.8, 4) is 22.5 Å². The van der Waals surface area contributed by atoms with Gasteiger partial charge < -0.3 is 9.47 Å². The maximum absolute atomic E-state index is 5.80. The van der Waals surface area contributed by atoms with Crippen molar-refractivity contribution in [1.29, 1.82) is 0 Å². The highest BCUT2D eigenvalue weighted by atomic mass is 16.7. The smallest absolute Gasteiger partial charge is 0.231 e. The maximum atomic E-state index is 5.80. The van der Waals surface area contributed by atoms with Crippen LogP contribution in [0.4, 0.5) is 0 Å². The Kier molecular flexibility index (Phi) is 7.94. The van der Waals surface area contributed by atoms with Crippen LogP contribution in [0.25, 0.3) is 22.5 Å². The fraction of sp³-hybridized carbons (Fsp3) is 0.440. The molecule has 1 N–H and O–H groups in total. The molecular weight excluding hydrogens is 444 g/mol. The number of hydrogen-bond donors (Lipinski definition) is 1. The third-order valence-electron chi connectivity index (χ3n) is 6.09. The molecule has 184 valence electrons. The van der Waals surface area contributed by atoms with Gasteiger partial charge in [-0.1, -0.05) is 44.5 Å². The van der Waals surface area contributed by atoms with Gasteiger partial charge in [-0.2, -0.15) is 5.10 Å². The van der Waals surface area contributed by atoms with Gasteiger partial charge in [-0.3, -0.25) is 4.98 Å². The first-order chi connectivity index (χ1) is 17.1. The van der Waals surface area contributed by atoms with E-state index in [4.69, 9.17) is 19.6 Å². The van der Waals surface area contributed by atoms with Crippen LogP contribution in [-0.4, -0.2) is 54.6 Å². The zero-order valence-electron chi connectivity index (χ0n) is 20.7. The number of ether oxygens (including phenoxy) is 2. The molecule has 0 amide bonds. The summed E-state index contributed by atoms with van der Waals surface area (Å²) < 4.78 is 13.6. The van der Waals surface area contributed by atoms with Gasteiger partial charge in [0.05, 0.1) is 0 Å². The Morgan fingerprint density at radius 1 is 1.00 bits per heavy atom. The van der Waals surface area contributed by atoms with E-state index in [1.54, 1.807) is 20.4 Å². The molecule has 0 radical (unpaired) electrons. The number of H-pyrrole nitrogens is 1. The number of rotatable bonds is 12. The minimum Gasteiger partial charge on any atom is -0.347 e. The third-order valence-corrected chi connectivity index (χ3v) is 6.09. The Balaban J connectivity index is 1.61. The van der Waals surface area contributed by atoms with Crippen molar-refractivity contribution in [2.75, 3.05) is 14.2 Å². The van der Waals surface area contributed by atoms with Crippen LogP contribution in [0.3, 0.4) is 0 Å². The van der Waals surface area contributed by atoms with Crippen LogP contribution in [0, 0.1) is 0 Å². The van der Waals surface area contributed by atoms with Crippen LogP contribution in [0.2, 0.25) is 0 Å². The Labute approximate surface area is 205 Å². The lowest BCUT2D eigenvalue weighted by atomic mass is 9.99. The summed E-state index contributed by atoms with van der Waals surface area (Å²) in [5, 5.41) is 19.0. The molecule has 10 heteroatoms. The SMILES string of the molecule is CCCCC(OC)(OC)c1nc(Cc2ccc(-c3cnccc3-c3nnn[nH]3)cc2)n(CCC)n1. The zero-order valence-corrected chi connectivity index (χ0v) is 20.7. The third kappa shape index (κ3) is 5.28. The van der Waals surface area contributed by atoms with Crippen LogP contribution in [0.5, 0.6) is 0 Å². The number of benzene rings is 1. The van der Waals surface area contributed by atoms with Crippen molar-refractivity contribution in [3.05, 3.63) is 59.9 Å². The van der Waals surface area contributed by atoms with Crippen LogP contribution in [-0.2, 0) is 28.2 Å². The summed E-state index contributed by atoms with van der Waals surface area (Å²) in [5.41, 5.74) is 4.01. The number of aromatic amines is 1. The maximum Gasteiger partial charge on any atom is 0.231 e. The molecule has 35 heavy (non-hydrogen) atoms. The molecule has 3 aromatic heterocycles. The molecule has 0 aliphatic heterocycles. The van der Waals surface area contributed by atoms with Gasteiger partial charge in [-0.15, -0.1) is 5.10 Å². The normalized spacial score (nSPS) is 11.8. The summed E-state index contributed by atoms with van der Waals surface area (Å²) in [5.74, 6) is 1.14. The number of methoxy groups -OCH3 is 2. The lowest BCUT2D eigenvalue weighted by molar-refractivity contribution is -0.226. The van der Waals surface area contributed by atoms with Gasteiger partial charge in [0, 0.05) is 57.1 Å². The zero-order chi connectivity index (χ0) is 24.7. The average Bonchev–Trinajstić information content (AvgIpc) is 3.57. The molecule has 0 aliphatic rings. The highest BCUT2D eigenvalue weighted by Crippen LogP contribution is 2.31. The van der Waals surface area contributed by atoms with Crippen molar-refractivity contribution in [3.63, 3.8) is 0 Å². The number of hydrogen-bond acceptors (Lipinski definition) is 8. The summed E-state index contributed by atoms with van der Waals surface area (Å²) in [6.45, 7) is 5.06. The first-order valence-electron chi connectivity index (χ1n) is 12.0. The Morgan fingerprint density at radius 2 is 1.80 bits per heavy atom. The van der Waals surface area contributed by atoms with Crippen LogP contribution < -0.4 is 0 Å². The van der Waals surface area contributed by atoms with Gasteiger partial charge in [-0.05, 0) is 40.5 Å². The van der Waals surface area contributed by atoms with Gasteiger partial charge in [-0.25, -0.2) is 14.8 Å². The number of unbranched alkanes of at least 4 members (excludes halogenated alkanes) is 1. The molecule has 4 aromatic rings. The largest absolute Gasteiger partial charge is 0.347 e. The minimum atomic E-state index is -0.931. The van der Waals surface area contributed by atoms with Gasteiger partial charge in [0.25, 0.3) is 0 Å². The first-order valence-corrected chi connectivity index (χ1v) is 12.0. The molecule has 0 saturated heterocycles. The molecule has 10 nitrogen and oxygen atoms in total. The molecule has 0 aliphatic carbocycles. The molecule has 4 rings (SSSR count). The van der Waals surface area contributed by atoms with Crippen molar-refractivity contribution in [2.24, 2.45) is 0 Å². The molecule has 0 spiro atoms. The Morgan fingerprint density at radius 3 is 2.46 bits per heavy atom. The van der Waals surface area contributed by atoms with Crippen molar-refractivity contribution in [2.45, 2.75) is 58.3 Å². The first kappa shape index (κ1) is 24.6. The van der Waals surface area contributed by atoms with E-state index in [2.05, 4.69) is 63.7 Å². The topological polar surface area (TPSA) is 117 Å². The van der Waals surface area contributed by atoms with Crippen LogP contribution in [0.15, 0.2) is 42.7 Å². The summed E-state index contributed by atoms with van der Waals surface area (Å²) in [7, 11) is 3.30. The standard InChI is InChI=1S/C25H32N8O2/c1-5-7-13-25(34-3,35-4)24-27-22(33(30-24)15-6-2)16-18-8-10-19(11-9-18)21-17-26-14-12-20(21)23-28-31-32-29-23/h8-12,14,17H,5-7,13,15-16H2,1-4H3,(H,28,29,31,32). The Hall–Kier alpha value is -3.50. The summed E-state index contributed by atoms with van der Waals surface area (Å²) in [4.78, 5) is 9.17. The van der Waals surface area contributed by atoms with Gasteiger partial charge in [0.1, 0.15) is 5.82 Å². The number of pyridine rings is 1. The van der Waals surface area contributed by atoms with E-state index in [1.165, 1.54) is 0 Å². The Bertz CT molecular complexity index is 1200. The van der Waals surface area contributed by atoms with Crippen molar-refractivity contribution < 1.29 is 9.47 Å². The lowest BCUT2D eigenvalue weighted by Gasteiger charge is -2.27. The van der Waals surface area contributed by atoms with E-state index in [0.29, 0.717) is 24.5 Å². The van der Waals surface area contributed by atoms with Crippen LogP contribution >= 0.6 is 0 Å². The molecular formula is C25H32N8O2. The van der Waals surface area contributed by atoms with E-state index >= 15 is 0 Å². The predicted octanol–water partition coefficient (Wildman–Crippen LogP) is 4.16. The second kappa shape index (κ2) is 11.3. The van der Waals surface area contributed by atoms with Crippen LogP contribution in [0.1, 0.15) is 56.7 Å². The van der Waals surface area contributed by atoms with E-state index < -0.39 is 5.79 Å². The summed E-state index contributed by atoms with van der Waals surface area (Å²) in [6.07, 6.45) is 7.86. The second-order valence-electron chi connectivity index (χ2n) is 8.38. The second-order valence-corrected chi connectivity index (χ2v) is 8.38. The molecule has 1 aromatic carbocycles. The fourth-order valence-corrected chi connectivity index (χ4v) is 4.14. The quantitative estimate of drug-likeness (QED) is 0.303. The highest BCUT2D eigenvalue weighted by molar-refractivity contribution is 5.79.